The minimum Gasteiger partial charge on any atom is -0.206 e. The molecule has 0 nitrogen and oxygen atoms in total. The summed E-state index contributed by atoms with van der Waals surface area (Å²) < 4.78 is 14.7. The van der Waals surface area contributed by atoms with E-state index in [9.17, 15) is 4.39 Å². The Kier molecular flexibility index (Phi) is 3.91. The van der Waals surface area contributed by atoms with Crippen molar-refractivity contribution >= 4 is 38.9 Å². The Bertz CT molecular complexity index is 531. The van der Waals surface area contributed by atoms with Gasteiger partial charge >= 0.3 is 0 Å². The fraction of sp³-hybridized carbons (Fsp3) is 0.231. The molecule has 0 bridgehead atoms. The zero-order chi connectivity index (χ0) is 12.6. The van der Waals surface area contributed by atoms with Crippen molar-refractivity contribution in [2.75, 3.05) is 0 Å². The first-order valence-corrected chi connectivity index (χ1v) is 7.26. The summed E-state index contributed by atoms with van der Waals surface area (Å²) in [5.41, 5.74) is 2.35. The summed E-state index contributed by atoms with van der Waals surface area (Å²) in [6.07, 6.45) is 0. The number of thiophene rings is 1. The van der Waals surface area contributed by atoms with Gasteiger partial charge in [0.2, 0.25) is 0 Å². The molecule has 90 valence electrons. The summed E-state index contributed by atoms with van der Waals surface area (Å²) in [6.45, 7) is 3.72. The van der Waals surface area contributed by atoms with Crippen LogP contribution in [0.3, 0.4) is 0 Å². The Hall–Kier alpha value is -0.380. The molecular weight excluding hydrogens is 323 g/mol. The van der Waals surface area contributed by atoms with Crippen LogP contribution < -0.4 is 0 Å². The molecule has 0 amide bonds. The van der Waals surface area contributed by atoms with Gasteiger partial charge < -0.3 is 0 Å². The van der Waals surface area contributed by atoms with E-state index in [-0.39, 0.29) is 10.6 Å². The van der Waals surface area contributed by atoms with Crippen molar-refractivity contribution in [3.63, 3.8) is 0 Å². The molecule has 1 aromatic carbocycles. The number of halogens is 3. The lowest BCUT2D eigenvalue weighted by molar-refractivity contribution is 0.605. The van der Waals surface area contributed by atoms with E-state index in [4.69, 9.17) is 11.6 Å². The summed E-state index contributed by atoms with van der Waals surface area (Å²) in [6, 6.07) is 7.42. The van der Waals surface area contributed by atoms with E-state index in [1.165, 1.54) is 11.3 Å². The number of benzene rings is 1. The zero-order valence-electron chi connectivity index (χ0n) is 9.43. The van der Waals surface area contributed by atoms with Crippen LogP contribution in [-0.4, -0.2) is 0 Å². The van der Waals surface area contributed by atoms with E-state index < -0.39 is 0 Å². The standard InChI is InChI=1S/C13H11BrClFS/c1-7-4-3-5-9(12(7)16)11(14)10-6-8(2)13(15)17-10/h3-6,11H,1-2H3. The second kappa shape index (κ2) is 5.09. The average Bonchev–Trinajstić information content (AvgIpc) is 2.62. The van der Waals surface area contributed by atoms with E-state index in [1.807, 2.05) is 19.1 Å². The predicted molar refractivity (Wildman–Crippen MR) is 76.0 cm³/mol. The number of rotatable bonds is 2. The van der Waals surface area contributed by atoms with Gasteiger partial charge in [-0.15, -0.1) is 11.3 Å². The lowest BCUT2D eigenvalue weighted by atomic mass is 10.1. The minimum absolute atomic E-state index is 0.140. The van der Waals surface area contributed by atoms with E-state index in [2.05, 4.69) is 15.9 Å². The monoisotopic (exact) mass is 332 g/mol. The van der Waals surface area contributed by atoms with Gasteiger partial charge in [-0.25, -0.2) is 4.39 Å². The lowest BCUT2D eigenvalue weighted by Crippen LogP contribution is -1.96. The number of aryl methyl sites for hydroxylation is 2. The first kappa shape index (κ1) is 13.1. The van der Waals surface area contributed by atoms with Crippen LogP contribution in [0.4, 0.5) is 4.39 Å². The molecule has 0 radical (unpaired) electrons. The van der Waals surface area contributed by atoms with Crippen molar-refractivity contribution in [3.8, 4) is 0 Å². The smallest absolute Gasteiger partial charge is 0.130 e. The van der Waals surface area contributed by atoms with Crippen LogP contribution in [0.15, 0.2) is 24.3 Å². The summed E-state index contributed by atoms with van der Waals surface area (Å²) in [4.78, 5) is 0.885. The first-order valence-electron chi connectivity index (χ1n) is 5.15. The maximum Gasteiger partial charge on any atom is 0.130 e. The van der Waals surface area contributed by atoms with Gasteiger partial charge in [-0.3, -0.25) is 0 Å². The molecule has 17 heavy (non-hydrogen) atoms. The Morgan fingerprint density at radius 3 is 2.59 bits per heavy atom. The Morgan fingerprint density at radius 1 is 1.29 bits per heavy atom. The molecule has 0 fully saturated rings. The Balaban J connectivity index is 2.43. The van der Waals surface area contributed by atoms with Crippen LogP contribution in [0.5, 0.6) is 0 Å². The molecule has 2 aromatic rings. The molecule has 1 aromatic heterocycles. The zero-order valence-corrected chi connectivity index (χ0v) is 12.6. The number of hydrogen-bond acceptors (Lipinski definition) is 1. The van der Waals surface area contributed by atoms with E-state index >= 15 is 0 Å². The quantitative estimate of drug-likeness (QED) is 0.624. The van der Waals surface area contributed by atoms with Gasteiger partial charge in [0.1, 0.15) is 5.82 Å². The first-order chi connectivity index (χ1) is 8.00. The predicted octanol–water partition coefficient (Wildman–Crippen LogP) is 5.64. The van der Waals surface area contributed by atoms with Crippen molar-refractivity contribution in [1.29, 1.82) is 0 Å². The molecule has 0 aliphatic carbocycles. The maximum atomic E-state index is 14.0. The third kappa shape index (κ3) is 2.56. The lowest BCUT2D eigenvalue weighted by Gasteiger charge is -2.10. The minimum atomic E-state index is -0.156. The molecule has 0 aliphatic heterocycles. The highest BCUT2D eigenvalue weighted by Crippen LogP contribution is 2.40. The second-order valence-corrected chi connectivity index (χ2v) is 6.55. The second-order valence-electron chi connectivity index (χ2n) is 3.95. The van der Waals surface area contributed by atoms with Gasteiger partial charge in [-0.2, -0.15) is 0 Å². The highest BCUT2D eigenvalue weighted by molar-refractivity contribution is 9.09. The van der Waals surface area contributed by atoms with Crippen LogP contribution in [0, 0.1) is 19.7 Å². The van der Waals surface area contributed by atoms with Gasteiger partial charge in [0, 0.05) is 10.4 Å². The van der Waals surface area contributed by atoms with E-state index in [0.29, 0.717) is 11.1 Å². The van der Waals surface area contributed by atoms with Crippen molar-refractivity contribution in [3.05, 3.63) is 56.0 Å². The highest BCUT2D eigenvalue weighted by atomic mass is 79.9. The van der Waals surface area contributed by atoms with Gasteiger partial charge in [0.05, 0.1) is 9.16 Å². The molecule has 0 saturated carbocycles. The molecule has 4 heteroatoms. The maximum absolute atomic E-state index is 14.0. The van der Waals surface area contributed by atoms with Crippen LogP contribution >= 0.6 is 38.9 Å². The fourth-order valence-electron chi connectivity index (χ4n) is 1.63. The van der Waals surface area contributed by atoms with E-state index in [0.717, 1.165) is 14.8 Å². The summed E-state index contributed by atoms with van der Waals surface area (Å²) in [7, 11) is 0. The molecule has 0 aliphatic rings. The third-order valence-corrected chi connectivity index (χ3v) is 5.53. The van der Waals surface area contributed by atoms with Crippen LogP contribution in [-0.2, 0) is 0 Å². The summed E-state index contributed by atoms with van der Waals surface area (Å²) in [5, 5.41) is 0. The number of alkyl halides is 1. The molecule has 0 N–H and O–H groups in total. The third-order valence-electron chi connectivity index (χ3n) is 2.62. The Labute approximate surface area is 118 Å². The van der Waals surface area contributed by atoms with Crippen molar-refractivity contribution in [2.45, 2.75) is 18.7 Å². The summed E-state index contributed by atoms with van der Waals surface area (Å²) in [5.74, 6) is -0.156. The molecule has 0 spiro atoms. The van der Waals surface area contributed by atoms with Crippen molar-refractivity contribution < 1.29 is 4.39 Å². The molecule has 1 heterocycles. The normalized spacial score (nSPS) is 12.8. The molecule has 2 rings (SSSR count). The molecule has 0 saturated heterocycles. The topological polar surface area (TPSA) is 0 Å². The van der Waals surface area contributed by atoms with Gasteiger partial charge in [-0.1, -0.05) is 45.7 Å². The van der Waals surface area contributed by atoms with Gasteiger partial charge in [-0.05, 0) is 31.0 Å². The van der Waals surface area contributed by atoms with Crippen molar-refractivity contribution in [1.82, 2.24) is 0 Å². The fourth-order valence-corrected chi connectivity index (χ4v) is 3.61. The van der Waals surface area contributed by atoms with Crippen LogP contribution in [0.1, 0.15) is 26.4 Å². The SMILES string of the molecule is Cc1cc(C(Br)c2cccc(C)c2F)sc1Cl. The summed E-state index contributed by atoms with van der Waals surface area (Å²) >= 11 is 11.1. The van der Waals surface area contributed by atoms with Gasteiger partial charge in [0.25, 0.3) is 0 Å². The highest BCUT2D eigenvalue weighted by Gasteiger charge is 2.18. The number of hydrogen-bond donors (Lipinski definition) is 0. The van der Waals surface area contributed by atoms with Crippen LogP contribution in [0.2, 0.25) is 4.34 Å². The Morgan fingerprint density at radius 2 is 2.00 bits per heavy atom. The molecule has 1 unspecified atom stereocenters. The average molecular weight is 334 g/mol. The largest absolute Gasteiger partial charge is 0.206 e. The van der Waals surface area contributed by atoms with Crippen molar-refractivity contribution in [2.24, 2.45) is 0 Å². The van der Waals surface area contributed by atoms with Gasteiger partial charge in [0.15, 0.2) is 0 Å². The molecular formula is C13H11BrClFS. The molecule has 1 atom stereocenters. The van der Waals surface area contributed by atoms with Crippen LogP contribution in [0.25, 0.3) is 0 Å². The van der Waals surface area contributed by atoms with E-state index in [1.54, 1.807) is 19.1 Å².